The molecular formula is C22H23NO5S2. The van der Waals surface area contributed by atoms with Crippen molar-refractivity contribution in [3.05, 3.63) is 84.2 Å². The molecule has 0 radical (unpaired) electrons. The number of pyridine rings is 1. The Kier molecular flexibility index (Phi) is 5.84. The average molecular weight is 446 g/mol. The van der Waals surface area contributed by atoms with Crippen LogP contribution in [-0.2, 0) is 16.3 Å². The summed E-state index contributed by atoms with van der Waals surface area (Å²) in [6, 6.07) is 16.9. The summed E-state index contributed by atoms with van der Waals surface area (Å²) in [5.74, 6) is 0.287. The molecule has 6 nitrogen and oxygen atoms in total. The van der Waals surface area contributed by atoms with E-state index >= 15 is 0 Å². The quantitative estimate of drug-likeness (QED) is 0.510. The number of ether oxygens (including phenoxy) is 1. The maximum absolute atomic E-state index is 13.2. The van der Waals surface area contributed by atoms with E-state index in [0.717, 1.165) is 18.4 Å². The van der Waals surface area contributed by atoms with E-state index in [-0.39, 0.29) is 15.5 Å². The summed E-state index contributed by atoms with van der Waals surface area (Å²) in [4.78, 5) is 4.54. The van der Waals surface area contributed by atoms with Crippen LogP contribution in [0.15, 0.2) is 82.8 Å². The first-order valence-electron chi connectivity index (χ1n) is 9.58. The molecule has 0 bridgehead atoms. The van der Waals surface area contributed by atoms with Crippen molar-refractivity contribution in [1.29, 1.82) is 0 Å². The molecule has 1 aromatic heterocycles. The van der Waals surface area contributed by atoms with Crippen LogP contribution < -0.4 is 4.74 Å². The van der Waals surface area contributed by atoms with Crippen LogP contribution in [0.1, 0.15) is 22.8 Å². The number of aryl methyl sites for hydroxylation is 1. The molecule has 4 rings (SSSR count). The van der Waals surface area contributed by atoms with Crippen LogP contribution in [0.5, 0.6) is 5.75 Å². The Morgan fingerprint density at radius 1 is 1.07 bits per heavy atom. The van der Waals surface area contributed by atoms with Gasteiger partial charge in [-0.3, -0.25) is 14.1 Å². The first-order valence-corrected chi connectivity index (χ1v) is 12.8. The predicted octanol–water partition coefficient (Wildman–Crippen LogP) is 4.73. The Balaban J connectivity index is 1.53. The van der Waals surface area contributed by atoms with Crippen molar-refractivity contribution in [2.24, 2.45) is 0 Å². The normalized spacial score (nSPS) is 18.5. The molecule has 0 saturated heterocycles. The average Bonchev–Trinajstić information content (AvgIpc) is 3.04. The molecule has 2 N–H and O–H groups in total. The van der Waals surface area contributed by atoms with Gasteiger partial charge in [-0.25, -0.2) is 8.42 Å². The molecule has 1 aliphatic heterocycles. The van der Waals surface area contributed by atoms with Gasteiger partial charge in [-0.2, -0.15) is 10.6 Å². The predicted molar refractivity (Wildman–Crippen MR) is 117 cm³/mol. The standard InChI is InChI=1S/C22H23NO5S2/c24-29(25)16-22(30(26,27)19-8-2-1-3-9-19)20-14-18(10-11-21(20)29)28-13-5-7-17-6-4-12-23-15-17/h1-4,6,8-12,14-15,22,24-25H,5,7,13,16H2. The highest BCUT2D eigenvalue weighted by atomic mass is 32.3. The topological polar surface area (TPSA) is 96.7 Å². The number of hydrogen-bond acceptors (Lipinski definition) is 6. The second-order valence-corrected chi connectivity index (χ2v) is 11.4. The van der Waals surface area contributed by atoms with Crippen LogP contribution in [0, 0.1) is 0 Å². The third-order valence-corrected chi connectivity index (χ3v) is 9.30. The fourth-order valence-corrected chi connectivity index (χ4v) is 8.00. The molecule has 158 valence electrons. The molecule has 0 amide bonds. The molecule has 2 aromatic carbocycles. The number of nitrogens with zero attached hydrogens (tertiary/aromatic N) is 1. The number of sulfone groups is 1. The van der Waals surface area contributed by atoms with Gasteiger partial charge in [0.05, 0.1) is 22.2 Å². The molecule has 1 atom stereocenters. The summed E-state index contributed by atoms with van der Waals surface area (Å²) in [5.41, 5.74) is 1.53. The van der Waals surface area contributed by atoms with E-state index in [2.05, 4.69) is 4.98 Å². The minimum atomic E-state index is -3.76. The Bertz CT molecular complexity index is 1120. The lowest BCUT2D eigenvalue weighted by atomic mass is 10.1. The van der Waals surface area contributed by atoms with Crippen molar-refractivity contribution in [1.82, 2.24) is 4.98 Å². The zero-order chi connectivity index (χ0) is 21.2. The van der Waals surface area contributed by atoms with Gasteiger partial charge < -0.3 is 4.74 Å². The minimum absolute atomic E-state index is 0.167. The highest BCUT2D eigenvalue weighted by molar-refractivity contribution is 8.25. The van der Waals surface area contributed by atoms with Crippen LogP contribution in [0.2, 0.25) is 0 Å². The molecule has 0 saturated carbocycles. The van der Waals surface area contributed by atoms with Gasteiger partial charge in [0.2, 0.25) is 0 Å². The van der Waals surface area contributed by atoms with Gasteiger partial charge in [0.1, 0.15) is 11.0 Å². The van der Waals surface area contributed by atoms with Crippen LogP contribution >= 0.6 is 10.6 Å². The first-order chi connectivity index (χ1) is 14.4. The van der Waals surface area contributed by atoms with E-state index in [4.69, 9.17) is 4.74 Å². The highest BCUT2D eigenvalue weighted by Gasteiger charge is 2.43. The van der Waals surface area contributed by atoms with Gasteiger partial charge in [0, 0.05) is 12.4 Å². The van der Waals surface area contributed by atoms with E-state index < -0.39 is 25.7 Å². The van der Waals surface area contributed by atoms with Crippen molar-refractivity contribution in [3.8, 4) is 5.75 Å². The van der Waals surface area contributed by atoms with Crippen LogP contribution in [0.4, 0.5) is 0 Å². The summed E-state index contributed by atoms with van der Waals surface area (Å²) in [7, 11) is -6.93. The summed E-state index contributed by atoms with van der Waals surface area (Å²) in [6.45, 7) is 0.458. The molecule has 8 heteroatoms. The second-order valence-electron chi connectivity index (χ2n) is 7.19. The maximum Gasteiger partial charge on any atom is 0.187 e. The van der Waals surface area contributed by atoms with Gasteiger partial charge in [-0.05, 0) is 60.4 Å². The largest absolute Gasteiger partial charge is 0.494 e. The van der Waals surface area contributed by atoms with Crippen molar-refractivity contribution in [3.63, 3.8) is 0 Å². The van der Waals surface area contributed by atoms with Gasteiger partial charge in [-0.15, -0.1) is 0 Å². The van der Waals surface area contributed by atoms with Gasteiger partial charge in [0.15, 0.2) is 9.84 Å². The molecule has 3 aromatic rings. The summed E-state index contributed by atoms with van der Waals surface area (Å²) in [6.07, 6.45) is 5.15. The highest BCUT2D eigenvalue weighted by Crippen LogP contribution is 2.61. The molecule has 0 aliphatic carbocycles. The van der Waals surface area contributed by atoms with E-state index in [9.17, 15) is 17.5 Å². The molecule has 0 spiro atoms. The molecule has 1 unspecified atom stereocenters. The molecular weight excluding hydrogens is 422 g/mol. The van der Waals surface area contributed by atoms with Crippen molar-refractivity contribution in [2.45, 2.75) is 27.9 Å². The summed E-state index contributed by atoms with van der Waals surface area (Å²) < 4.78 is 53.1. The number of rotatable bonds is 7. The zero-order valence-electron chi connectivity index (χ0n) is 16.2. The molecule has 0 fully saturated rings. The molecule has 30 heavy (non-hydrogen) atoms. The second kappa shape index (κ2) is 8.39. The third-order valence-electron chi connectivity index (χ3n) is 5.11. The maximum atomic E-state index is 13.2. The fraction of sp³-hybridized carbons (Fsp3) is 0.227. The smallest absolute Gasteiger partial charge is 0.187 e. The van der Waals surface area contributed by atoms with Gasteiger partial charge in [-0.1, -0.05) is 24.3 Å². The van der Waals surface area contributed by atoms with E-state index in [0.29, 0.717) is 17.9 Å². The number of aromatic nitrogens is 1. The SMILES string of the molecule is O=S(=O)(c1ccccc1)C1CS(O)(O)c2ccc(OCCCc3cccnc3)cc21. The molecule has 1 aliphatic rings. The Morgan fingerprint density at radius 3 is 2.60 bits per heavy atom. The van der Waals surface area contributed by atoms with Crippen LogP contribution in [-0.4, -0.2) is 34.9 Å². The lowest BCUT2D eigenvalue weighted by Crippen LogP contribution is -2.15. The van der Waals surface area contributed by atoms with Crippen molar-refractivity contribution >= 4 is 20.4 Å². The van der Waals surface area contributed by atoms with E-state index in [1.165, 1.54) is 12.1 Å². The Labute approximate surface area is 177 Å². The van der Waals surface area contributed by atoms with E-state index in [1.807, 2.05) is 18.3 Å². The van der Waals surface area contributed by atoms with Crippen molar-refractivity contribution in [2.75, 3.05) is 12.4 Å². The first kappa shape index (κ1) is 20.9. The van der Waals surface area contributed by atoms with E-state index in [1.54, 1.807) is 42.6 Å². The van der Waals surface area contributed by atoms with Crippen LogP contribution in [0.25, 0.3) is 0 Å². The zero-order valence-corrected chi connectivity index (χ0v) is 17.8. The lowest BCUT2D eigenvalue weighted by Gasteiger charge is -2.27. The van der Waals surface area contributed by atoms with Crippen molar-refractivity contribution < 1.29 is 22.3 Å². The minimum Gasteiger partial charge on any atom is -0.494 e. The third kappa shape index (κ3) is 4.22. The lowest BCUT2D eigenvalue weighted by molar-refractivity contribution is 0.310. The summed E-state index contributed by atoms with van der Waals surface area (Å²) >= 11 is 0. The fourth-order valence-electron chi connectivity index (χ4n) is 3.60. The van der Waals surface area contributed by atoms with Crippen LogP contribution in [0.3, 0.4) is 0 Å². The number of hydrogen-bond donors (Lipinski definition) is 2. The van der Waals surface area contributed by atoms with Gasteiger partial charge >= 0.3 is 0 Å². The monoisotopic (exact) mass is 445 g/mol. The number of fused-ring (bicyclic) bond motifs is 1. The molecule has 2 heterocycles. The Hall–Kier alpha value is -2.39. The Morgan fingerprint density at radius 2 is 1.87 bits per heavy atom. The van der Waals surface area contributed by atoms with Gasteiger partial charge in [0.25, 0.3) is 0 Å². The summed E-state index contributed by atoms with van der Waals surface area (Å²) in [5, 5.41) is -1.01. The number of benzene rings is 2.